The lowest BCUT2D eigenvalue weighted by Gasteiger charge is -2.31. The molecule has 1 aliphatic heterocycles. The van der Waals surface area contributed by atoms with Gasteiger partial charge in [0.1, 0.15) is 12.2 Å². The van der Waals surface area contributed by atoms with Crippen LogP contribution in [0.1, 0.15) is 36.5 Å². The van der Waals surface area contributed by atoms with Crippen LogP contribution >= 0.6 is 0 Å². The summed E-state index contributed by atoms with van der Waals surface area (Å²) in [5.41, 5.74) is 9.12. The standard InChI is InChI=1S/C21H19NO/c1-12(2)13-7-9-14(10-8-13)22-17-11-18-21(23-18)20-16-6-4-3-5-15(16)19(17)20/h3-12,18,21-22H,1-2H3. The summed E-state index contributed by atoms with van der Waals surface area (Å²) in [5.74, 6) is 0.561. The van der Waals surface area contributed by atoms with Crippen molar-refractivity contribution in [1.29, 1.82) is 0 Å². The fourth-order valence-electron chi connectivity index (χ4n) is 3.68. The van der Waals surface area contributed by atoms with Crippen molar-refractivity contribution in [3.05, 3.63) is 77.0 Å². The van der Waals surface area contributed by atoms with E-state index in [1.54, 1.807) is 0 Å². The molecule has 5 rings (SSSR count). The van der Waals surface area contributed by atoms with Gasteiger partial charge in [0.15, 0.2) is 0 Å². The van der Waals surface area contributed by atoms with Crippen LogP contribution in [0.5, 0.6) is 0 Å². The van der Waals surface area contributed by atoms with Gasteiger partial charge in [-0.1, -0.05) is 50.2 Å². The summed E-state index contributed by atoms with van der Waals surface area (Å²) >= 11 is 0. The molecule has 3 aliphatic rings. The van der Waals surface area contributed by atoms with Crippen LogP contribution in [0, 0.1) is 0 Å². The minimum atomic E-state index is 0.250. The van der Waals surface area contributed by atoms with Crippen molar-refractivity contribution in [3.63, 3.8) is 0 Å². The molecule has 23 heavy (non-hydrogen) atoms. The van der Waals surface area contributed by atoms with Crippen molar-refractivity contribution in [2.45, 2.75) is 32.0 Å². The highest BCUT2D eigenvalue weighted by Gasteiger charge is 2.50. The smallest absolute Gasteiger partial charge is 0.115 e. The molecule has 1 heterocycles. The Morgan fingerprint density at radius 1 is 0.957 bits per heavy atom. The first-order chi connectivity index (χ1) is 11.2. The first-order valence-corrected chi connectivity index (χ1v) is 8.31. The molecule has 2 atom stereocenters. The Morgan fingerprint density at radius 3 is 2.43 bits per heavy atom. The summed E-state index contributed by atoms with van der Waals surface area (Å²) in [6.45, 7) is 4.44. The first-order valence-electron chi connectivity index (χ1n) is 8.31. The number of nitrogens with one attached hydrogen (secondary N) is 1. The number of allylic oxidation sites excluding steroid dienone is 1. The predicted octanol–water partition coefficient (Wildman–Crippen LogP) is 4.81. The van der Waals surface area contributed by atoms with Crippen LogP contribution in [-0.4, -0.2) is 12.2 Å². The molecule has 2 unspecified atom stereocenters. The monoisotopic (exact) mass is 301 g/mol. The lowest BCUT2D eigenvalue weighted by Crippen LogP contribution is -2.20. The number of anilines is 1. The zero-order chi connectivity index (χ0) is 15.6. The van der Waals surface area contributed by atoms with Crippen LogP contribution < -0.4 is 5.32 Å². The van der Waals surface area contributed by atoms with Gasteiger partial charge in [-0.2, -0.15) is 0 Å². The molecule has 2 aromatic rings. The molecular formula is C21H19NO. The zero-order valence-electron chi connectivity index (χ0n) is 13.3. The van der Waals surface area contributed by atoms with E-state index < -0.39 is 0 Å². The molecule has 0 amide bonds. The highest BCUT2D eigenvalue weighted by molar-refractivity contribution is 6.13. The highest BCUT2D eigenvalue weighted by atomic mass is 16.6. The third-order valence-electron chi connectivity index (χ3n) is 5.02. The maximum atomic E-state index is 5.81. The summed E-state index contributed by atoms with van der Waals surface area (Å²) in [5, 5.41) is 3.60. The second kappa shape index (κ2) is 4.59. The Bertz CT molecular complexity index is 858. The van der Waals surface area contributed by atoms with E-state index in [1.165, 1.54) is 33.5 Å². The second-order valence-corrected chi connectivity index (χ2v) is 6.84. The number of epoxide rings is 1. The van der Waals surface area contributed by atoms with E-state index in [2.05, 4.69) is 73.8 Å². The molecule has 1 N–H and O–H groups in total. The fraction of sp³-hybridized carbons (Fsp3) is 0.238. The van der Waals surface area contributed by atoms with Crippen molar-refractivity contribution in [1.82, 2.24) is 0 Å². The largest absolute Gasteiger partial charge is 0.360 e. The Kier molecular flexibility index (Phi) is 2.62. The topological polar surface area (TPSA) is 24.6 Å². The van der Waals surface area contributed by atoms with E-state index in [1.807, 2.05) is 0 Å². The van der Waals surface area contributed by atoms with E-state index in [0.717, 1.165) is 5.69 Å². The minimum Gasteiger partial charge on any atom is -0.360 e. The Labute approximate surface area is 136 Å². The fourth-order valence-corrected chi connectivity index (χ4v) is 3.68. The number of hydrogen-bond donors (Lipinski definition) is 1. The highest BCUT2D eigenvalue weighted by Crippen LogP contribution is 2.55. The van der Waals surface area contributed by atoms with Crippen molar-refractivity contribution in [2.75, 3.05) is 5.32 Å². The van der Waals surface area contributed by atoms with Crippen molar-refractivity contribution < 1.29 is 4.74 Å². The van der Waals surface area contributed by atoms with Crippen molar-refractivity contribution >= 4 is 16.8 Å². The molecule has 0 bridgehead atoms. The van der Waals surface area contributed by atoms with Gasteiger partial charge in [-0.25, -0.2) is 0 Å². The summed E-state index contributed by atoms with van der Waals surface area (Å²) in [6, 6.07) is 17.4. The van der Waals surface area contributed by atoms with Gasteiger partial charge in [0.2, 0.25) is 0 Å². The summed E-state index contributed by atoms with van der Waals surface area (Å²) in [4.78, 5) is 0. The van der Waals surface area contributed by atoms with Gasteiger partial charge in [-0.15, -0.1) is 0 Å². The van der Waals surface area contributed by atoms with E-state index in [0.29, 0.717) is 5.92 Å². The average Bonchev–Trinajstić information content (AvgIpc) is 3.29. The lowest BCUT2D eigenvalue weighted by atomic mass is 9.74. The van der Waals surface area contributed by atoms with Crippen molar-refractivity contribution in [2.24, 2.45) is 0 Å². The van der Waals surface area contributed by atoms with Crippen LogP contribution in [0.15, 0.2) is 60.3 Å². The molecule has 2 nitrogen and oxygen atoms in total. The summed E-state index contributed by atoms with van der Waals surface area (Å²) in [7, 11) is 0. The van der Waals surface area contributed by atoms with E-state index in [-0.39, 0.29) is 12.2 Å². The SMILES string of the molecule is CC(C)c1ccc(NC2=CC3OC3C3=C2c2ccccc23)cc1. The second-order valence-electron chi connectivity index (χ2n) is 6.84. The van der Waals surface area contributed by atoms with Gasteiger partial charge in [0, 0.05) is 22.5 Å². The average molecular weight is 301 g/mol. The number of hydrogen-bond acceptors (Lipinski definition) is 2. The van der Waals surface area contributed by atoms with Gasteiger partial charge in [0.05, 0.1) is 0 Å². The molecule has 114 valence electrons. The summed E-state index contributed by atoms with van der Waals surface area (Å²) < 4.78 is 5.81. The zero-order valence-corrected chi connectivity index (χ0v) is 13.3. The van der Waals surface area contributed by atoms with Crippen molar-refractivity contribution in [3.8, 4) is 0 Å². The van der Waals surface area contributed by atoms with Crippen LogP contribution in [0.2, 0.25) is 0 Å². The number of ether oxygens (including phenoxy) is 1. The van der Waals surface area contributed by atoms with E-state index in [9.17, 15) is 0 Å². The van der Waals surface area contributed by atoms with Crippen LogP contribution in [0.25, 0.3) is 11.1 Å². The minimum absolute atomic E-state index is 0.250. The van der Waals surface area contributed by atoms with Gasteiger partial charge < -0.3 is 10.1 Å². The van der Waals surface area contributed by atoms with E-state index >= 15 is 0 Å². The lowest BCUT2D eigenvalue weighted by molar-refractivity contribution is 0.417. The number of rotatable bonds is 3. The molecule has 0 spiro atoms. The molecule has 0 aromatic heterocycles. The van der Waals surface area contributed by atoms with Crippen LogP contribution in [0.3, 0.4) is 0 Å². The molecule has 2 aliphatic carbocycles. The summed E-state index contributed by atoms with van der Waals surface area (Å²) in [6.07, 6.45) is 2.77. The molecule has 0 saturated carbocycles. The molecule has 1 fully saturated rings. The van der Waals surface area contributed by atoms with Crippen LogP contribution in [0.4, 0.5) is 5.69 Å². The normalized spacial score (nSPS) is 23.5. The third kappa shape index (κ3) is 1.91. The molecule has 0 radical (unpaired) electrons. The van der Waals surface area contributed by atoms with Gasteiger partial charge in [-0.3, -0.25) is 0 Å². The van der Waals surface area contributed by atoms with Gasteiger partial charge in [0.25, 0.3) is 0 Å². The molecule has 2 aromatic carbocycles. The molecule has 2 heteroatoms. The molecule has 1 saturated heterocycles. The Morgan fingerprint density at radius 2 is 1.70 bits per heavy atom. The predicted molar refractivity (Wildman–Crippen MR) is 94.2 cm³/mol. The molecular weight excluding hydrogens is 282 g/mol. The van der Waals surface area contributed by atoms with Gasteiger partial charge in [-0.05, 0) is 40.8 Å². The van der Waals surface area contributed by atoms with Crippen LogP contribution in [-0.2, 0) is 4.74 Å². The quantitative estimate of drug-likeness (QED) is 0.823. The number of benzene rings is 2. The third-order valence-corrected chi connectivity index (χ3v) is 5.02. The maximum Gasteiger partial charge on any atom is 0.115 e. The van der Waals surface area contributed by atoms with E-state index in [4.69, 9.17) is 4.74 Å². The first kappa shape index (κ1) is 13.1. The maximum absolute atomic E-state index is 5.81. The Balaban J connectivity index is 1.47. The number of fused-ring (bicyclic) bond motifs is 5. The Hall–Kier alpha value is -2.32. The van der Waals surface area contributed by atoms with Gasteiger partial charge >= 0.3 is 0 Å².